The van der Waals surface area contributed by atoms with Crippen molar-refractivity contribution in [2.75, 3.05) is 18.0 Å². The second kappa shape index (κ2) is 5.59. The monoisotopic (exact) mass is 268 g/mol. The van der Waals surface area contributed by atoms with Crippen LogP contribution < -0.4 is 10.6 Å². The molecule has 0 spiro atoms. The van der Waals surface area contributed by atoms with Gasteiger partial charge in [-0.3, -0.25) is 0 Å². The Kier molecular flexibility index (Phi) is 3.65. The van der Waals surface area contributed by atoms with Crippen molar-refractivity contribution >= 4 is 11.6 Å². The highest BCUT2D eigenvalue weighted by Crippen LogP contribution is 2.31. The van der Waals surface area contributed by atoms with E-state index in [1.165, 1.54) is 16.8 Å². The number of hydrogen-bond acceptors (Lipinski definition) is 4. The van der Waals surface area contributed by atoms with Gasteiger partial charge in [0.2, 0.25) is 5.95 Å². The summed E-state index contributed by atoms with van der Waals surface area (Å²) in [6, 6.07) is 6.60. The number of rotatable bonds is 3. The fraction of sp³-hybridized carbons (Fsp3) is 0.375. The molecule has 0 amide bonds. The Bertz CT molecular complexity index is 592. The van der Waals surface area contributed by atoms with E-state index in [1.807, 2.05) is 12.4 Å². The zero-order valence-corrected chi connectivity index (χ0v) is 11.8. The predicted octanol–water partition coefficient (Wildman–Crippen LogP) is 2.37. The molecule has 104 valence electrons. The first-order valence-electron chi connectivity index (χ1n) is 7.16. The summed E-state index contributed by atoms with van der Waals surface area (Å²) in [5, 5.41) is 0. The van der Waals surface area contributed by atoms with Crippen LogP contribution in [-0.2, 0) is 12.8 Å². The van der Waals surface area contributed by atoms with Crippen molar-refractivity contribution in [2.45, 2.75) is 26.2 Å². The highest BCUT2D eigenvalue weighted by atomic mass is 15.3. The van der Waals surface area contributed by atoms with Gasteiger partial charge < -0.3 is 10.6 Å². The molecule has 0 radical (unpaired) electrons. The van der Waals surface area contributed by atoms with Crippen LogP contribution in [0.2, 0.25) is 0 Å². The number of fused-ring (bicyclic) bond motifs is 1. The maximum absolute atomic E-state index is 5.55. The molecule has 0 unspecified atom stereocenters. The molecule has 2 N–H and O–H groups in total. The van der Waals surface area contributed by atoms with Gasteiger partial charge >= 0.3 is 0 Å². The minimum absolute atomic E-state index is 0.633. The molecule has 0 fully saturated rings. The molecule has 1 aliphatic heterocycles. The van der Waals surface area contributed by atoms with Gasteiger partial charge in [0, 0.05) is 24.6 Å². The summed E-state index contributed by atoms with van der Waals surface area (Å²) >= 11 is 0. The number of hydrogen-bond donors (Lipinski definition) is 1. The molecule has 2 aromatic rings. The van der Waals surface area contributed by atoms with E-state index < -0.39 is 0 Å². The Hall–Kier alpha value is -1.94. The van der Waals surface area contributed by atoms with Crippen molar-refractivity contribution in [1.29, 1.82) is 0 Å². The number of nitrogens with two attached hydrogens (primary N) is 1. The first-order chi connectivity index (χ1) is 9.78. The van der Waals surface area contributed by atoms with Crippen LogP contribution in [0.4, 0.5) is 11.6 Å². The summed E-state index contributed by atoms with van der Waals surface area (Å²) in [6.45, 7) is 3.75. The Morgan fingerprint density at radius 1 is 1.25 bits per heavy atom. The van der Waals surface area contributed by atoms with Crippen molar-refractivity contribution in [3.8, 4) is 0 Å². The number of nitrogens with zero attached hydrogens (tertiary/aromatic N) is 3. The van der Waals surface area contributed by atoms with Crippen molar-refractivity contribution < 1.29 is 0 Å². The van der Waals surface area contributed by atoms with Crippen LogP contribution in [0.5, 0.6) is 0 Å². The van der Waals surface area contributed by atoms with Crippen LogP contribution in [0, 0.1) is 6.92 Å². The third-order valence-corrected chi connectivity index (χ3v) is 3.72. The van der Waals surface area contributed by atoms with Crippen molar-refractivity contribution in [1.82, 2.24) is 9.97 Å². The Balaban J connectivity index is 1.92. The lowest BCUT2D eigenvalue weighted by Gasteiger charge is -2.29. The molecule has 4 nitrogen and oxygen atoms in total. The number of benzene rings is 1. The Morgan fingerprint density at radius 3 is 2.80 bits per heavy atom. The van der Waals surface area contributed by atoms with E-state index in [2.05, 4.69) is 40.0 Å². The van der Waals surface area contributed by atoms with Gasteiger partial charge in [-0.1, -0.05) is 17.7 Å². The lowest BCUT2D eigenvalue weighted by atomic mass is 10.00. The molecular weight excluding hydrogens is 248 g/mol. The average Bonchev–Trinajstić information content (AvgIpc) is 2.47. The second-order valence-electron chi connectivity index (χ2n) is 5.32. The molecule has 20 heavy (non-hydrogen) atoms. The van der Waals surface area contributed by atoms with Gasteiger partial charge in [0.25, 0.3) is 0 Å². The SMILES string of the molecule is Cc1ccc2c(c1)CCCN2c1ncc(CCN)cn1. The largest absolute Gasteiger partial charge is 0.330 e. The van der Waals surface area contributed by atoms with Crippen molar-refractivity contribution in [3.63, 3.8) is 0 Å². The summed E-state index contributed by atoms with van der Waals surface area (Å²) < 4.78 is 0. The molecule has 3 rings (SSSR count). The van der Waals surface area contributed by atoms with Gasteiger partial charge in [-0.25, -0.2) is 9.97 Å². The maximum Gasteiger partial charge on any atom is 0.229 e. The number of aromatic nitrogens is 2. The quantitative estimate of drug-likeness (QED) is 0.928. The lowest BCUT2D eigenvalue weighted by Crippen LogP contribution is -2.26. The van der Waals surface area contributed by atoms with Crippen LogP contribution >= 0.6 is 0 Å². The smallest absolute Gasteiger partial charge is 0.229 e. The number of anilines is 2. The van der Waals surface area contributed by atoms with E-state index in [0.717, 1.165) is 37.3 Å². The molecule has 1 aliphatic rings. The molecular formula is C16H20N4. The topological polar surface area (TPSA) is 55.0 Å². The lowest BCUT2D eigenvalue weighted by molar-refractivity contribution is 0.748. The van der Waals surface area contributed by atoms with E-state index >= 15 is 0 Å². The van der Waals surface area contributed by atoms with Gasteiger partial charge in [-0.05, 0) is 49.9 Å². The molecule has 0 atom stereocenters. The summed E-state index contributed by atoms with van der Waals surface area (Å²) in [5.74, 6) is 0.788. The van der Waals surface area contributed by atoms with E-state index in [-0.39, 0.29) is 0 Å². The van der Waals surface area contributed by atoms with E-state index in [4.69, 9.17) is 5.73 Å². The van der Waals surface area contributed by atoms with E-state index in [0.29, 0.717) is 6.54 Å². The normalized spacial score (nSPS) is 14.2. The Labute approximate surface area is 119 Å². The van der Waals surface area contributed by atoms with Crippen LogP contribution in [0.25, 0.3) is 0 Å². The molecule has 1 aromatic heterocycles. The summed E-state index contributed by atoms with van der Waals surface area (Å²) in [5.41, 5.74) is 10.6. The van der Waals surface area contributed by atoms with Gasteiger partial charge in [0.1, 0.15) is 0 Å². The van der Waals surface area contributed by atoms with Crippen molar-refractivity contribution in [2.24, 2.45) is 5.73 Å². The standard InChI is InChI=1S/C16H20N4/c1-12-4-5-15-14(9-12)3-2-8-20(15)16-18-10-13(6-7-17)11-19-16/h4-5,9-11H,2-3,6-8,17H2,1H3. The highest BCUT2D eigenvalue weighted by Gasteiger charge is 2.19. The predicted molar refractivity (Wildman–Crippen MR) is 81.3 cm³/mol. The third-order valence-electron chi connectivity index (χ3n) is 3.72. The van der Waals surface area contributed by atoms with Gasteiger partial charge in [0.05, 0.1) is 0 Å². The van der Waals surface area contributed by atoms with Crippen LogP contribution in [-0.4, -0.2) is 23.1 Å². The van der Waals surface area contributed by atoms with Crippen LogP contribution in [0.1, 0.15) is 23.1 Å². The third kappa shape index (κ3) is 2.51. The zero-order chi connectivity index (χ0) is 13.9. The fourth-order valence-electron chi connectivity index (χ4n) is 2.72. The first-order valence-corrected chi connectivity index (χ1v) is 7.16. The molecule has 0 saturated carbocycles. The van der Waals surface area contributed by atoms with E-state index in [1.54, 1.807) is 0 Å². The fourth-order valence-corrected chi connectivity index (χ4v) is 2.72. The van der Waals surface area contributed by atoms with E-state index in [9.17, 15) is 0 Å². The zero-order valence-electron chi connectivity index (χ0n) is 11.8. The van der Waals surface area contributed by atoms with Crippen molar-refractivity contribution in [3.05, 3.63) is 47.3 Å². The molecule has 0 bridgehead atoms. The molecule has 1 aromatic carbocycles. The number of aryl methyl sites for hydroxylation is 2. The van der Waals surface area contributed by atoms with Gasteiger partial charge in [-0.15, -0.1) is 0 Å². The summed E-state index contributed by atoms with van der Waals surface area (Å²) in [4.78, 5) is 11.2. The molecule has 0 aliphatic carbocycles. The summed E-state index contributed by atoms with van der Waals surface area (Å²) in [6.07, 6.45) is 6.88. The maximum atomic E-state index is 5.55. The Morgan fingerprint density at radius 2 is 2.05 bits per heavy atom. The average molecular weight is 268 g/mol. The molecule has 4 heteroatoms. The van der Waals surface area contributed by atoms with Gasteiger partial charge in [-0.2, -0.15) is 0 Å². The van der Waals surface area contributed by atoms with Crippen LogP contribution in [0.15, 0.2) is 30.6 Å². The minimum Gasteiger partial charge on any atom is -0.330 e. The molecule has 0 saturated heterocycles. The molecule has 2 heterocycles. The van der Waals surface area contributed by atoms with Gasteiger partial charge in [0.15, 0.2) is 0 Å². The highest BCUT2D eigenvalue weighted by molar-refractivity contribution is 5.64. The first kappa shape index (κ1) is 13.1. The minimum atomic E-state index is 0.633. The van der Waals surface area contributed by atoms with Crippen LogP contribution in [0.3, 0.4) is 0 Å². The second-order valence-corrected chi connectivity index (χ2v) is 5.32. The summed E-state index contributed by atoms with van der Waals surface area (Å²) in [7, 11) is 0.